The minimum atomic E-state index is -0.347. The predicted octanol–water partition coefficient (Wildman–Crippen LogP) is 2.10. The highest BCUT2D eigenvalue weighted by molar-refractivity contribution is 5.88. The fourth-order valence-corrected chi connectivity index (χ4v) is 1.49. The maximum absolute atomic E-state index is 10.8. The molecule has 78 valence electrons. The maximum Gasteiger partial charge on any atom is 0.309 e. The second-order valence-corrected chi connectivity index (χ2v) is 3.15. The van der Waals surface area contributed by atoms with Crippen LogP contribution in [0.25, 0.3) is 10.9 Å². The Labute approximate surface area is 86.8 Å². The molecule has 1 aromatic heterocycles. The molecule has 0 fully saturated rings. The van der Waals surface area contributed by atoms with Crippen molar-refractivity contribution in [3.05, 3.63) is 24.3 Å². The van der Waals surface area contributed by atoms with Crippen LogP contribution < -0.4 is 9.47 Å². The first-order chi connectivity index (χ1) is 7.20. The summed E-state index contributed by atoms with van der Waals surface area (Å²) in [6, 6.07) is 7.36. The van der Waals surface area contributed by atoms with Gasteiger partial charge >= 0.3 is 5.97 Å². The van der Waals surface area contributed by atoms with E-state index < -0.39 is 0 Å². The molecule has 4 heteroatoms. The molecule has 15 heavy (non-hydrogen) atoms. The second kappa shape index (κ2) is 3.65. The van der Waals surface area contributed by atoms with Crippen molar-refractivity contribution in [3.8, 4) is 11.6 Å². The number of hydrogen-bond donors (Lipinski definition) is 1. The number of methoxy groups -OCH3 is 1. The molecular weight excluding hydrogens is 194 g/mol. The van der Waals surface area contributed by atoms with E-state index >= 15 is 0 Å². The van der Waals surface area contributed by atoms with Crippen LogP contribution in [-0.2, 0) is 4.79 Å². The zero-order valence-corrected chi connectivity index (χ0v) is 8.53. The van der Waals surface area contributed by atoms with Crippen LogP contribution in [0.2, 0.25) is 0 Å². The number of hydrogen-bond acceptors (Lipinski definition) is 3. The summed E-state index contributed by atoms with van der Waals surface area (Å²) in [5.74, 6) is 0.838. The Morgan fingerprint density at radius 1 is 1.40 bits per heavy atom. The number of carbonyl (C=O) groups excluding carboxylic acids is 1. The van der Waals surface area contributed by atoms with Crippen LogP contribution >= 0.6 is 0 Å². The first-order valence-corrected chi connectivity index (χ1v) is 4.55. The molecule has 0 aliphatic carbocycles. The van der Waals surface area contributed by atoms with Crippen molar-refractivity contribution >= 4 is 16.9 Å². The highest BCUT2D eigenvalue weighted by Crippen LogP contribution is 2.28. The largest absolute Gasteiger partial charge is 0.496 e. The number of fused-ring (bicyclic) bond motifs is 1. The second-order valence-electron chi connectivity index (χ2n) is 3.15. The molecule has 0 saturated carbocycles. The molecule has 0 radical (unpaired) electrons. The number of aromatic amines is 1. The molecule has 1 aromatic carbocycles. The number of ether oxygens (including phenoxy) is 2. The lowest BCUT2D eigenvalue weighted by atomic mass is 10.2. The van der Waals surface area contributed by atoms with Gasteiger partial charge in [0.15, 0.2) is 0 Å². The van der Waals surface area contributed by atoms with Crippen molar-refractivity contribution < 1.29 is 14.3 Å². The van der Waals surface area contributed by atoms with Gasteiger partial charge < -0.3 is 14.5 Å². The van der Waals surface area contributed by atoms with Crippen molar-refractivity contribution in [2.75, 3.05) is 7.11 Å². The highest BCUT2D eigenvalue weighted by atomic mass is 16.5. The topological polar surface area (TPSA) is 51.3 Å². The van der Waals surface area contributed by atoms with Crippen LogP contribution in [0.15, 0.2) is 24.3 Å². The van der Waals surface area contributed by atoms with Gasteiger partial charge in [-0.1, -0.05) is 6.07 Å². The SMILES string of the molecule is COc1cccc2[nH]c(OC(C)=O)cc12. The highest BCUT2D eigenvalue weighted by Gasteiger charge is 2.07. The van der Waals surface area contributed by atoms with E-state index in [1.165, 1.54) is 6.92 Å². The van der Waals surface area contributed by atoms with Crippen LogP contribution in [0.4, 0.5) is 0 Å². The van der Waals surface area contributed by atoms with E-state index in [1.807, 2.05) is 18.2 Å². The first kappa shape index (κ1) is 9.58. The molecule has 0 amide bonds. The normalized spacial score (nSPS) is 10.3. The number of carbonyl (C=O) groups is 1. The van der Waals surface area contributed by atoms with Crippen molar-refractivity contribution in [1.29, 1.82) is 0 Å². The maximum atomic E-state index is 10.8. The molecule has 1 heterocycles. The van der Waals surface area contributed by atoms with Crippen LogP contribution in [0.1, 0.15) is 6.92 Å². The molecule has 0 aliphatic rings. The van der Waals surface area contributed by atoms with Crippen molar-refractivity contribution in [2.24, 2.45) is 0 Å². The van der Waals surface area contributed by atoms with E-state index in [0.29, 0.717) is 5.88 Å². The van der Waals surface area contributed by atoms with Crippen LogP contribution in [0, 0.1) is 0 Å². The van der Waals surface area contributed by atoms with Crippen LogP contribution in [0.3, 0.4) is 0 Å². The molecule has 0 saturated heterocycles. The Bertz CT molecular complexity index is 502. The molecule has 0 atom stereocenters. The Morgan fingerprint density at radius 3 is 2.87 bits per heavy atom. The summed E-state index contributed by atoms with van der Waals surface area (Å²) in [6.45, 7) is 1.36. The van der Waals surface area contributed by atoms with Crippen LogP contribution in [0.5, 0.6) is 11.6 Å². The van der Waals surface area contributed by atoms with E-state index in [1.54, 1.807) is 13.2 Å². The van der Waals surface area contributed by atoms with Gasteiger partial charge in [0, 0.05) is 18.4 Å². The zero-order valence-electron chi connectivity index (χ0n) is 8.53. The smallest absolute Gasteiger partial charge is 0.309 e. The molecule has 0 unspecified atom stereocenters. The quantitative estimate of drug-likeness (QED) is 0.764. The molecule has 0 bridgehead atoms. The van der Waals surface area contributed by atoms with E-state index in [-0.39, 0.29) is 5.97 Å². The molecule has 1 N–H and O–H groups in total. The first-order valence-electron chi connectivity index (χ1n) is 4.55. The molecule has 2 rings (SSSR count). The summed E-state index contributed by atoms with van der Waals surface area (Å²) in [4.78, 5) is 13.7. The Morgan fingerprint density at radius 2 is 2.20 bits per heavy atom. The number of rotatable bonds is 2. The third-order valence-corrected chi connectivity index (χ3v) is 2.07. The number of aromatic nitrogens is 1. The summed E-state index contributed by atoms with van der Waals surface area (Å²) >= 11 is 0. The summed E-state index contributed by atoms with van der Waals surface area (Å²) in [6.07, 6.45) is 0. The summed E-state index contributed by atoms with van der Waals surface area (Å²) in [5, 5.41) is 0.899. The summed E-state index contributed by atoms with van der Waals surface area (Å²) in [7, 11) is 1.60. The Balaban J connectivity index is 2.50. The molecule has 4 nitrogen and oxygen atoms in total. The fourth-order valence-electron chi connectivity index (χ4n) is 1.49. The lowest BCUT2D eigenvalue weighted by molar-refractivity contribution is -0.132. The third-order valence-electron chi connectivity index (χ3n) is 2.07. The minimum absolute atomic E-state index is 0.347. The van der Waals surface area contributed by atoms with E-state index in [4.69, 9.17) is 9.47 Å². The molecule has 0 aliphatic heterocycles. The van der Waals surface area contributed by atoms with Gasteiger partial charge in [0.1, 0.15) is 5.75 Å². The van der Waals surface area contributed by atoms with Gasteiger partial charge in [0.2, 0.25) is 5.88 Å². The molecule has 2 aromatic rings. The summed E-state index contributed by atoms with van der Waals surface area (Å²) < 4.78 is 10.1. The van der Waals surface area contributed by atoms with Crippen molar-refractivity contribution in [3.63, 3.8) is 0 Å². The number of benzene rings is 1. The number of H-pyrrole nitrogens is 1. The average molecular weight is 205 g/mol. The zero-order chi connectivity index (χ0) is 10.8. The van der Waals surface area contributed by atoms with Gasteiger partial charge in [0.05, 0.1) is 12.6 Å². The Kier molecular flexibility index (Phi) is 2.33. The van der Waals surface area contributed by atoms with Crippen LogP contribution in [-0.4, -0.2) is 18.1 Å². The Hall–Kier alpha value is -1.97. The van der Waals surface area contributed by atoms with Gasteiger partial charge in [-0.25, -0.2) is 0 Å². The van der Waals surface area contributed by atoms with Gasteiger partial charge in [-0.2, -0.15) is 0 Å². The van der Waals surface area contributed by atoms with Crippen molar-refractivity contribution in [2.45, 2.75) is 6.92 Å². The number of nitrogens with one attached hydrogen (secondary N) is 1. The predicted molar refractivity (Wildman–Crippen MR) is 56.2 cm³/mol. The van der Waals surface area contributed by atoms with Gasteiger partial charge in [-0.15, -0.1) is 0 Å². The molecular formula is C11H11NO3. The molecule has 0 spiro atoms. The van der Waals surface area contributed by atoms with E-state index in [9.17, 15) is 4.79 Å². The monoisotopic (exact) mass is 205 g/mol. The number of esters is 1. The fraction of sp³-hybridized carbons (Fsp3) is 0.182. The lowest BCUT2D eigenvalue weighted by Crippen LogP contribution is -2.00. The average Bonchev–Trinajstić information content (AvgIpc) is 2.58. The minimum Gasteiger partial charge on any atom is -0.496 e. The standard InChI is InChI=1S/C11H11NO3/c1-7(13)15-11-6-8-9(12-11)4-3-5-10(8)14-2/h3-6,12H,1-2H3. The van der Waals surface area contributed by atoms with Crippen molar-refractivity contribution in [1.82, 2.24) is 4.98 Å². The lowest BCUT2D eigenvalue weighted by Gasteiger charge is -1.98. The van der Waals surface area contributed by atoms with Gasteiger partial charge in [-0.05, 0) is 12.1 Å². The van der Waals surface area contributed by atoms with E-state index in [0.717, 1.165) is 16.7 Å². The van der Waals surface area contributed by atoms with E-state index in [2.05, 4.69) is 4.98 Å². The van der Waals surface area contributed by atoms with Gasteiger partial charge in [-0.3, -0.25) is 4.79 Å². The van der Waals surface area contributed by atoms with Gasteiger partial charge in [0.25, 0.3) is 0 Å². The summed E-state index contributed by atoms with van der Waals surface area (Å²) in [5.41, 5.74) is 0.880. The third kappa shape index (κ3) is 1.79.